The van der Waals surface area contributed by atoms with E-state index in [0.717, 1.165) is 11.1 Å². The Labute approximate surface area is 131 Å². The third-order valence-corrected chi connectivity index (χ3v) is 3.80. The Morgan fingerprint density at radius 3 is 1.45 bits per heavy atom. The van der Waals surface area contributed by atoms with E-state index < -0.39 is 8.25 Å². The molecule has 0 saturated heterocycles. The fraction of sp³-hybridized carbons (Fsp3) is 0.111. The first-order chi connectivity index (χ1) is 10.7. The first-order valence-electron chi connectivity index (χ1n) is 7.07. The van der Waals surface area contributed by atoms with Crippen LogP contribution in [0.1, 0.15) is 25.0 Å². The summed E-state index contributed by atoms with van der Waals surface area (Å²) >= 11 is 0. The van der Waals surface area contributed by atoms with Crippen LogP contribution < -0.4 is 0 Å². The van der Waals surface area contributed by atoms with Gasteiger partial charge in [0.15, 0.2) is 0 Å². The van der Waals surface area contributed by atoms with Crippen LogP contribution >= 0.6 is 8.25 Å². The van der Waals surface area contributed by atoms with Crippen LogP contribution in [0.15, 0.2) is 72.8 Å². The maximum absolute atomic E-state index is 12.2. The summed E-state index contributed by atoms with van der Waals surface area (Å²) in [4.78, 5) is 0. The van der Waals surface area contributed by atoms with Crippen molar-refractivity contribution < 1.29 is 13.6 Å². The molecule has 0 atom stereocenters. The third-order valence-electron chi connectivity index (χ3n) is 3.03. The van der Waals surface area contributed by atoms with Crippen molar-refractivity contribution >= 4 is 19.8 Å². The first kappa shape index (κ1) is 16.1. The van der Waals surface area contributed by atoms with Gasteiger partial charge in [-0.1, -0.05) is 60.7 Å². The number of rotatable bonds is 6. The second kappa shape index (κ2) is 8.26. The highest BCUT2D eigenvalue weighted by Gasteiger charge is 2.10. The van der Waals surface area contributed by atoms with Crippen molar-refractivity contribution in [1.82, 2.24) is 0 Å². The minimum atomic E-state index is -2.69. The molecule has 0 heterocycles. The number of benzene rings is 2. The lowest BCUT2D eigenvalue weighted by molar-refractivity contribution is 0.381. The molecule has 0 unspecified atom stereocenters. The smallest absolute Gasteiger partial charge is 0.418 e. The molecule has 0 aromatic heterocycles. The Balaban J connectivity index is 2.06. The van der Waals surface area contributed by atoms with E-state index in [4.69, 9.17) is 9.05 Å². The van der Waals surface area contributed by atoms with Gasteiger partial charge in [0.2, 0.25) is 0 Å². The van der Waals surface area contributed by atoms with Crippen LogP contribution in [0.5, 0.6) is 0 Å². The molecule has 0 aliphatic rings. The van der Waals surface area contributed by atoms with E-state index >= 15 is 0 Å². The number of hydrogen-bond acceptors (Lipinski definition) is 3. The molecule has 114 valence electrons. The van der Waals surface area contributed by atoms with Crippen LogP contribution in [0.2, 0.25) is 0 Å². The molecule has 0 aliphatic carbocycles. The molecule has 4 heteroatoms. The summed E-state index contributed by atoms with van der Waals surface area (Å²) in [5.74, 6) is 1.10. The molecule has 0 fully saturated rings. The Bertz CT molecular complexity index is 616. The Morgan fingerprint density at radius 2 is 1.14 bits per heavy atom. The molecular weight excluding hydrogens is 295 g/mol. The van der Waals surface area contributed by atoms with Crippen molar-refractivity contribution in [2.75, 3.05) is 0 Å². The van der Waals surface area contributed by atoms with Gasteiger partial charge in [-0.05, 0) is 26.0 Å². The average molecular weight is 314 g/mol. The van der Waals surface area contributed by atoms with E-state index in [9.17, 15) is 4.57 Å². The average Bonchev–Trinajstić information content (AvgIpc) is 2.59. The highest BCUT2D eigenvalue weighted by Crippen LogP contribution is 2.37. The standard InChI is InChI=1S/C18H19O3P/c1-3-17(15-11-7-5-8-12-15)20-22(19)21-18(4-2)16-13-9-6-10-14-16/h3-14,22H,1-2H3/b17-3-,18-4-. The summed E-state index contributed by atoms with van der Waals surface area (Å²) in [6.45, 7) is 3.68. The molecule has 0 bridgehead atoms. The van der Waals surface area contributed by atoms with Gasteiger partial charge in [0, 0.05) is 11.1 Å². The second-order valence-corrected chi connectivity index (χ2v) is 5.40. The highest BCUT2D eigenvalue weighted by molar-refractivity contribution is 7.34. The van der Waals surface area contributed by atoms with Gasteiger partial charge in [-0.2, -0.15) is 0 Å². The lowest BCUT2D eigenvalue weighted by Crippen LogP contribution is -1.89. The molecule has 22 heavy (non-hydrogen) atoms. The van der Waals surface area contributed by atoms with Gasteiger partial charge in [-0.15, -0.1) is 0 Å². The van der Waals surface area contributed by atoms with Gasteiger partial charge in [0.25, 0.3) is 0 Å². The van der Waals surface area contributed by atoms with Crippen molar-refractivity contribution in [1.29, 1.82) is 0 Å². The highest BCUT2D eigenvalue weighted by atomic mass is 31.1. The Morgan fingerprint density at radius 1 is 0.773 bits per heavy atom. The van der Waals surface area contributed by atoms with E-state index in [-0.39, 0.29) is 0 Å². The lowest BCUT2D eigenvalue weighted by Gasteiger charge is -2.13. The zero-order valence-corrected chi connectivity index (χ0v) is 13.7. The molecule has 2 rings (SSSR count). The summed E-state index contributed by atoms with van der Waals surface area (Å²) in [6, 6.07) is 19.1. The fourth-order valence-electron chi connectivity index (χ4n) is 1.97. The van der Waals surface area contributed by atoms with Crippen molar-refractivity contribution in [3.05, 3.63) is 83.9 Å². The zero-order valence-electron chi connectivity index (χ0n) is 12.7. The molecule has 0 saturated carbocycles. The van der Waals surface area contributed by atoms with E-state index in [1.54, 1.807) is 12.2 Å². The van der Waals surface area contributed by atoms with Gasteiger partial charge in [-0.25, -0.2) is 4.57 Å². The van der Waals surface area contributed by atoms with Crippen LogP contribution in [0.25, 0.3) is 11.5 Å². The summed E-state index contributed by atoms with van der Waals surface area (Å²) in [6.07, 6.45) is 3.55. The van der Waals surface area contributed by atoms with E-state index in [1.165, 1.54) is 0 Å². The minimum absolute atomic E-state index is 0.549. The zero-order chi connectivity index (χ0) is 15.8. The molecular formula is C18H19O3P. The summed E-state index contributed by atoms with van der Waals surface area (Å²) in [5, 5.41) is 0. The van der Waals surface area contributed by atoms with Crippen molar-refractivity contribution in [2.24, 2.45) is 0 Å². The molecule has 0 amide bonds. The van der Waals surface area contributed by atoms with E-state index in [2.05, 4.69) is 0 Å². The molecule has 2 aromatic carbocycles. The van der Waals surface area contributed by atoms with Crippen LogP contribution in [0.4, 0.5) is 0 Å². The molecule has 3 nitrogen and oxygen atoms in total. The van der Waals surface area contributed by atoms with E-state index in [0.29, 0.717) is 11.5 Å². The maximum Gasteiger partial charge on any atom is 0.418 e. The molecule has 0 aliphatic heterocycles. The topological polar surface area (TPSA) is 35.5 Å². The van der Waals surface area contributed by atoms with Crippen LogP contribution in [-0.2, 0) is 13.6 Å². The fourth-order valence-corrected chi connectivity index (χ4v) is 2.85. The van der Waals surface area contributed by atoms with Crippen molar-refractivity contribution in [2.45, 2.75) is 13.8 Å². The predicted molar refractivity (Wildman–Crippen MR) is 91.4 cm³/mol. The van der Waals surface area contributed by atoms with Gasteiger partial charge in [0.05, 0.1) is 0 Å². The SMILES string of the molecule is C/C=C(\O[PH](=O)O/C(=C\C)c1ccccc1)c1ccccc1. The molecule has 0 radical (unpaired) electrons. The summed E-state index contributed by atoms with van der Waals surface area (Å²) in [5.41, 5.74) is 1.74. The summed E-state index contributed by atoms with van der Waals surface area (Å²) < 4.78 is 23.2. The lowest BCUT2D eigenvalue weighted by atomic mass is 10.2. The quantitative estimate of drug-likeness (QED) is 0.519. The first-order valence-corrected chi connectivity index (χ1v) is 8.30. The summed E-state index contributed by atoms with van der Waals surface area (Å²) in [7, 11) is -2.69. The van der Waals surface area contributed by atoms with Crippen molar-refractivity contribution in [3.8, 4) is 0 Å². The minimum Gasteiger partial charge on any atom is -0.418 e. The van der Waals surface area contributed by atoms with Crippen molar-refractivity contribution in [3.63, 3.8) is 0 Å². The molecule has 2 aromatic rings. The van der Waals surface area contributed by atoms with E-state index in [1.807, 2.05) is 74.5 Å². The predicted octanol–water partition coefficient (Wildman–Crippen LogP) is 5.53. The Hall–Kier alpha value is -2.25. The Kier molecular flexibility index (Phi) is 6.05. The number of hydrogen-bond donors (Lipinski definition) is 0. The van der Waals surface area contributed by atoms with Crippen LogP contribution in [-0.4, -0.2) is 0 Å². The third kappa shape index (κ3) is 4.37. The van der Waals surface area contributed by atoms with Crippen LogP contribution in [0, 0.1) is 0 Å². The largest absolute Gasteiger partial charge is 0.418 e. The normalized spacial score (nSPS) is 12.3. The van der Waals surface area contributed by atoms with Gasteiger partial charge >= 0.3 is 8.25 Å². The monoisotopic (exact) mass is 314 g/mol. The van der Waals surface area contributed by atoms with Gasteiger partial charge in [-0.3, -0.25) is 0 Å². The van der Waals surface area contributed by atoms with Gasteiger partial charge < -0.3 is 9.05 Å². The number of allylic oxidation sites excluding steroid dienone is 2. The second-order valence-electron chi connectivity index (χ2n) is 4.49. The van der Waals surface area contributed by atoms with Crippen LogP contribution in [0.3, 0.4) is 0 Å². The van der Waals surface area contributed by atoms with Gasteiger partial charge in [0.1, 0.15) is 11.5 Å². The molecule has 0 spiro atoms. The molecule has 0 N–H and O–H groups in total. The maximum atomic E-state index is 12.2.